The van der Waals surface area contributed by atoms with Crippen molar-refractivity contribution in [2.75, 3.05) is 24.5 Å². The van der Waals surface area contributed by atoms with Crippen LogP contribution in [0.4, 0.5) is 10.2 Å². The summed E-state index contributed by atoms with van der Waals surface area (Å²) in [6.45, 7) is 6.28. The molecule has 0 bridgehead atoms. The molecule has 0 radical (unpaired) electrons. The van der Waals surface area contributed by atoms with Crippen LogP contribution in [0.5, 0.6) is 11.6 Å². The lowest BCUT2D eigenvalue weighted by molar-refractivity contribution is -0.133. The molecule has 30 heavy (non-hydrogen) atoms. The fraction of sp³-hybridized carbons (Fsp3) is 0.500. The number of rotatable bonds is 8. The van der Waals surface area contributed by atoms with Crippen molar-refractivity contribution in [2.45, 2.75) is 52.0 Å². The quantitative estimate of drug-likeness (QED) is 0.543. The number of unbranched alkanes of at least 4 members (excludes halogenated alkanes) is 3. The van der Waals surface area contributed by atoms with Gasteiger partial charge in [0.05, 0.1) is 5.02 Å². The number of benzene rings is 1. The highest BCUT2D eigenvalue weighted by Gasteiger charge is 2.28. The maximum atomic E-state index is 13.2. The van der Waals surface area contributed by atoms with Crippen LogP contribution in [0.25, 0.3) is 0 Å². The van der Waals surface area contributed by atoms with E-state index in [9.17, 15) is 9.18 Å². The first-order valence-electron chi connectivity index (χ1n) is 10.5. The summed E-state index contributed by atoms with van der Waals surface area (Å²) in [7, 11) is 0. The topological polar surface area (TPSA) is 58.6 Å². The van der Waals surface area contributed by atoms with Crippen LogP contribution in [0.1, 0.15) is 46.0 Å². The Morgan fingerprint density at radius 3 is 2.80 bits per heavy atom. The smallest absolute Gasteiger partial charge is 0.224 e. The second kappa shape index (κ2) is 10.6. The molecule has 2 heterocycles. The van der Waals surface area contributed by atoms with Gasteiger partial charge in [-0.1, -0.05) is 37.8 Å². The van der Waals surface area contributed by atoms with E-state index in [0.717, 1.165) is 18.7 Å². The molecule has 1 fully saturated rings. The monoisotopic (exact) mass is 434 g/mol. The Bertz CT molecular complexity index is 867. The molecule has 1 atom stereocenters. The summed E-state index contributed by atoms with van der Waals surface area (Å²) in [5.41, 5.74) is 0. The third-order valence-corrected chi connectivity index (χ3v) is 5.55. The number of carbonyl (C=O) groups excluding carboxylic acids is 1. The van der Waals surface area contributed by atoms with Gasteiger partial charge in [0.1, 0.15) is 23.7 Å². The number of aromatic nitrogens is 2. The van der Waals surface area contributed by atoms with E-state index in [1.807, 2.05) is 4.90 Å². The maximum absolute atomic E-state index is 13.2. The van der Waals surface area contributed by atoms with Gasteiger partial charge in [-0.2, -0.15) is 0 Å². The lowest BCUT2D eigenvalue weighted by Crippen LogP contribution is -2.54. The third-order valence-electron chi connectivity index (χ3n) is 5.25. The molecule has 1 aromatic carbocycles. The number of piperazine rings is 1. The summed E-state index contributed by atoms with van der Waals surface area (Å²) in [6, 6.07) is 5.77. The minimum Gasteiger partial charge on any atom is -0.437 e. The molecule has 1 aliphatic rings. The summed E-state index contributed by atoms with van der Waals surface area (Å²) < 4.78 is 18.9. The van der Waals surface area contributed by atoms with Crippen molar-refractivity contribution >= 4 is 23.3 Å². The lowest BCUT2D eigenvalue weighted by atomic mass is 10.1. The SMILES string of the molecule is CCCCCCC(=O)N1CCN(c2cc(Oc3ccc(F)cc3Cl)ncn2)C[C@H]1C. The Hall–Kier alpha value is -2.41. The summed E-state index contributed by atoms with van der Waals surface area (Å²) in [4.78, 5) is 25.1. The van der Waals surface area contributed by atoms with Gasteiger partial charge in [-0.15, -0.1) is 0 Å². The van der Waals surface area contributed by atoms with Crippen molar-refractivity contribution in [1.29, 1.82) is 0 Å². The molecule has 0 spiro atoms. The Kier molecular flexibility index (Phi) is 7.85. The van der Waals surface area contributed by atoms with E-state index < -0.39 is 5.82 Å². The molecule has 1 aromatic heterocycles. The zero-order chi connectivity index (χ0) is 21.5. The van der Waals surface area contributed by atoms with E-state index in [0.29, 0.717) is 37.7 Å². The summed E-state index contributed by atoms with van der Waals surface area (Å²) in [6.07, 6.45) is 6.46. The highest BCUT2D eigenvalue weighted by Crippen LogP contribution is 2.30. The molecule has 0 aliphatic carbocycles. The normalized spacial score (nSPS) is 16.6. The van der Waals surface area contributed by atoms with Gasteiger partial charge in [0.25, 0.3) is 0 Å². The molecular formula is C22H28ClFN4O2. The average molecular weight is 435 g/mol. The van der Waals surface area contributed by atoms with Crippen molar-refractivity contribution in [1.82, 2.24) is 14.9 Å². The number of anilines is 1. The van der Waals surface area contributed by atoms with Crippen LogP contribution >= 0.6 is 11.6 Å². The number of hydrogen-bond acceptors (Lipinski definition) is 5. The number of carbonyl (C=O) groups is 1. The fourth-order valence-corrected chi connectivity index (χ4v) is 3.82. The van der Waals surface area contributed by atoms with Gasteiger partial charge < -0.3 is 14.5 Å². The predicted octanol–water partition coefficient (Wildman–Crippen LogP) is 5.07. The minimum atomic E-state index is -0.428. The molecule has 0 saturated carbocycles. The summed E-state index contributed by atoms with van der Waals surface area (Å²) in [5, 5.41) is 0.176. The Labute approximate surface area is 182 Å². The highest BCUT2D eigenvalue weighted by atomic mass is 35.5. The second-order valence-corrected chi connectivity index (χ2v) is 7.99. The van der Waals surface area contributed by atoms with E-state index in [1.54, 1.807) is 6.07 Å². The van der Waals surface area contributed by atoms with Gasteiger partial charge in [-0.05, 0) is 31.5 Å². The van der Waals surface area contributed by atoms with Crippen LogP contribution in [0.15, 0.2) is 30.6 Å². The van der Waals surface area contributed by atoms with Crippen LogP contribution in [0.2, 0.25) is 5.02 Å². The molecule has 0 unspecified atom stereocenters. The van der Waals surface area contributed by atoms with Crippen LogP contribution in [-0.4, -0.2) is 46.5 Å². The van der Waals surface area contributed by atoms with E-state index in [4.69, 9.17) is 16.3 Å². The first kappa shape index (κ1) is 22.3. The number of halogens is 2. The second-order valence-electron chi connectivity index (χ2n) is 7.58. The standard InChI is InChI=1S/C22H28ClFN4O2/c1-3-4-5-6-7-22(29)28-11-10-27(14-16(28)2)20-13-21(26-15-25-20)30-19-9-8-17(24)12-18(19)23/h8-9,12-13,15-16H,3-7,10-11,14H2,1-2H3/t16-/m1/s1. The molecule has 6 nitrogen and oxygen atoms in total. The predicted molar refractivity (Wildman–Crippen MR) is 116 cm³/mol. The van der Waals surface area contributed by atoms with Crippen LogP contribution in [0.3, 0.4) is 0 Å². The van der Waals surface area contributed by atoms with Gasteiger partial charge in [0, 0.05) is 38.2 Å². The van der Waals surface area contributed by atoms with Crippen LogP contribution < -0.4 is 9.64 Å². The number of nitrogens with zero attached hydrogens (tertiary/aromatic N) is 4. The van der Waals surface area contributed by atoms with Crippen LogP contribution in [-0.2, 0) is 4.79 Å². The van der Waals surface area contributed by atoms with Crippen LogP contribution in [0, 0.1) is 5.82 Å². The average Bonchev–Trinajstić information content (AvgIpc) is 2.73. The largest absolute Gasteiger partial charge is 0.437 e. The minimum absolute atomic E-state index is 0.100. The molecule has 1 saturated heterocycles. The molecule has 3 rings (SSSR count). The van der Waals surface area contributed by atoms with E-state index in [2.05, 4.69) is 28.7 Å². The highest BCUT2D eigenvalue weighted by molar-refractivity contribution is 6.32. The number of amides is 1. The van der Waals surface area contributed by atoms with Crippen molar-refractivity contribution in [2.24, 2.45) is 0 Å². The van der Waals surface area contributed by atoms with E-state index in [-0.39, 0.29) is 17.0 Å². The molecular weight excluding hydrogens is 407 g/mol. The first-order chi connectivity index (χ1) is 14.5. The van der Waals surface area contributed by atoms with Gasteiger partial charge >= 0.3 is 0 Å². The van der Waals surface area contributed by atoms with Crippen molar-refractivity contribution in [3.05, 3.63) is 41.4 Å². The van der Waals surface area contributed by atoms with Crippen molar-refractivity contribution in [3.63, 3.8) is 0 Å². The van der Waals surface area contributed by atoms with Crippen molar-refractivity contribution in [3.8, 4) is 11.6 Å². The third kappa shape index (κ3) is 5.81. The van der Waals surface area contributed by atoms with Gasteiger partial charge in [0.15, 0.2) is 0 Å². The van der Waals surface area contributed by atoms with E-state index in [1.165, 1.54) is 37.4 Å². The lowest BCUT2D eigenvalue weighted by Gasteiger charge is -2.40. The van der Waals surface area contributed by atoms with Crippen molar-refractivity contribution < 1.29 is 13.9 Å². The fourth-order valence-electron chi connectivity index (χ4n) is 3.61. The first-order valence-corrected chi connectivity index (χ1v) is 10.8. The molecule has 1 amide bonds. The van der Waals surface area contributed by atoms with Gasteiger partial charge in [-0.25, -0.2) is 14.4 Å². The van der Waals surface area contributed by atoms with Gasteiger partial charge in [0.2, 0.25) is 11.8 Å². The molecule has 2 aromatic rings. The zero-order valence-corrected chi connectivity index (χ0v) is 18.2. The Morgan fingerprint density at radius 1 is 1.23 bits per heavy atom. The zero-order valence-electron chi connectivity index (χ0n) is 17.5. The van der Waals surface area contributed by atoms with E-state index >= 15 is 0 Å². The van der Waals surface area contributed by atoms with Gasteiger partial charge in [-0.3, -0.25) is 4.79 Å². The number of hydrogen-bond donors (Lipinski definition) is 0. The maximum Gasteiger partial charge on any atom is 0.224 e. The Balaban J connectivity index is 1.60. The molecule has 162 valence electrons. The Morgan fingerprint density at radius 2 is 2.07 bits per heavy atom. The number of ether oxygens (including phenoxy) is 1. The summed E-state index contributed by atoms with van der Waals surface area (Å²) >= 11 is 6.03. The molecule has 1 aliphatic heterocycles. The summed E-state index contributed by atoms with van der Waals surface area (Å²) in [5.74, 6) is 1.18. The molecule has 0 N–H and O–H groups in total. The molecule has 8 heteroatoms.